The minimum Gasteiger partial charge on any atom is -0.488 e. The van der Waals surface area contributed by atoms with Crippen molar-refractivity contribution >= 4 is 11.3 Å². The molecule has 1 N–H and O–H groups in total. The lowest BCUT2D eigenvalue weighted by molar-refractivity contribution is 0.309. The van der Waals surface area contributed by atoms with E-state index in [1.54, 1.807) is 0 Å². The van der Waals surface area contributed by atoms with Crippen LogP contribution in [0.1, 0.15) is 29.2 Å². The predicted octanol–water partition coefficient (Wildman–Crippen LogP) is 4.00. The van der Waals surface area contributed by atoms with E-state index in [1.165, 1.54) is 15.3 Å². The smallest absolute Gasteiger partial charge is 0.122 e. The molecule has 0 atom stereocenters. The molecule has 19 heavy (non-hydrogen) atoms. The van der Waals surface area contributed by atoms with Gasteiger partial charge in [0, 0.05) is 16.3 Å². The SMILES string of the molecule is CCNCc1cccc(OCc2ccc(CC)s2)c1. The molecular weight excluding hydrogens is 254 g/mol. The standard InChI is InChI=1S/C16H21NOS/c1-3-15-8-9-16(19-15)12-18-14-7-5-6-13(10-14)11-17-4-2/h5-10,17H,3-4,11-12H2,1-2H3. The Morgan fingerprint density at radius 3 is 2.68 bits per heavy atom. The maximum Gasteiger partial charge on any atom is 0.122 e. The Labute approximate surface area is 119 Å². The van der Waals surface area contributed by atoms with Gasteiger partial charge in [0.15, 0.2) is 0 Å². The molecule has 0 spiro atoms. The molecule has 0 bridgehead atoms. The highest BCUT2D eigenvalue weighted by Crippen LogP contribution is 2.20. The van der Waals surface area contributed by atoms with Gasteiger partial charge >= 0.3 is 0 Å². The number of ether oxygens (including phenoxy) is 1. The highest BCUT2D eigenvalue weighted by molar-refractivity contribution is 7.11. The van der Waals surface area contributed by atoms with Gasteiger partial charge in [0.2, 0.25) is 0 Å². The zero-order chi connectivity index (χ0) is 13.5. The molecule has 1 heterocycles. The second-order valence-electron chi connectivity index (χ2n) is 4.44. The van der Waals surface area contributed by atoms with Gasteiger partial charge in [-0.05, 0) is 42.8 Å². The maximum absolute atomic E-state index is 5.85. The minimum absolute atomic E-state index is 0.662. The summed E-state index contributed by atoms with van der Waals surface area (Å²) in [5, 5.41) is 3.32. The lowest BCUT2D eigenvalue weighted by Crippen LogP contribution is -2.11. The highest BCUT2D eigenvalue weighted by Gasteiger charge is 2.01. The van der Waals surface area contributed by atoms with E-state index in [1.807, 2.05) is 23.5 Å². The van der Waals surface area contributed by atoms with Crippen LogP contribution in [0.3, 0.4) is 0 Å². The van der Waals surface area contributed by atoms with Crippen LogP contribution in [0.25, 0.3) is 0 Å². The van der Waals surface area contributed by atoms with E-state index in [4.69, 9.17) is 4.74 Å². The van der Waals surface area contributed by atoms with E-state index in [0.717, 1.165) is 25.3 Å². The first-order valence-corrected chi connectivity index (χ1v) is 7.63. The van der Waals surface area contributed by atoms with Crippen LogP contribution in [0.4, 0.5) is 0 Å². The van der Waals surface area contributed by atoms with Crippen molar-refractivity contribution in [3.8, 4) is 5.75 Å². The van der Waals surface area contributed by atoms with E-state index < -0.39 is 0 Å². The third-order valence-corrected chi connectivity index (χ3v) is 4.13. The summed E-state index contributed by atoms with van der Waals surface area (Å²) in [4.78, 5) is 2.70. The average molecular weight is 275 g/mol. The predicted molar refractivity (Wildman–Crippen MR) is 81.9 cm³/mol. The molecule has 0 aliphatic rings. The van der Waals surface area contributed by atoms with Crippen LogP contribution in [0.5, 0.6) is 5.75 Å². The van der Waals surface area contributed by atoms with E-state index >= 15 is 0 Å². The Morgan fingerprint density at radius 1 is 1.11 bits per heavy atom. The molecule has 1 aromatic heterocycles. The van der Waals surface area contributed by atoms with Crippen LogP contribution >= 0.6 is 11.3 Å². The van der Waals surface area contributed by atoms with Gasteiger partial charge in [-0.1, -0.05) is 26.0 Å². The van der Waals surface area contributed by atoms with Gasteiger partial charge in [-0.15, -0.1) is 11.3 Å². The first kappa shape index (κ1) is 14.1. The number of thiophene rings is 1. The lowest BCUT2D eigenvalue weighted by Gasteiger charge is -2.07. The van der Waals surface area contributed by atoms with Crippen molar-refractivity contribution in [1.29, 1.82) is 0 Å². The molecule has 2 aromatic rings. The van der Waals surface area contributed by atoms with Gasteiger partial charge in [0.1, 0.15) is 12.4 Å². The molecule has 0 saturated heterocycles. The van der Waals surface area contributed by atoms with Gasteiger partial charge in [-0.3, -0.25) is 0 Å². The second-order valence-corrected chi connectivity index (χ2v) is 5.69. The van der Waals surface area contributed by atoms with Gasteiger partial charge in [0.25, 0.3) is 0 Å². The molecule has 0 saturated carbocycles. The monoisotopic (exact) mass is 275 g/mol. The number of rotatable bonds is 7. The Hall–Kier alpha value is -1.32. The quantitative estimate of drug-likeness (QED) is 0.824. The average Bonchev–Trinajstić information content (AvgIpc) is 2.91. The molecule has 102 valence electrons. The number of benzene rings is 1. The molecule has 0 radical (unpaired) electrons. The fourth-order valence-corrected chi connectivity index (χ4v) is 2.73. The molecule has 2 rings (SSSR count). The van der Waals surface area contributed by atoms with Crippen molar-refractivity contribution in [2.75, 3.05) is 6.54 Å². The summed E-state index contributed by atoms with van der Waals surface area (Å²) in [6.45, 7) is 6.84. The van der Waals surface area contributed by atoms with Crippen molar-refractivity contribution < 1.29 is 4.74 Å². The Morgan fingerprint density at radius 2 is 1.95 bits per heavy atom. The fourth-order valence-electron chi connectivity index (χ4n) is 1.86. The summed E-state index contributed by atoms with van der Waals surface area (Å²) in [5.74, 6) is 0.946. The van der Waals surface area contributed by atoms with Crippen LogP contribution in [0.2, 0.25) is 0 Å². The topological polar surface area (TPSA) is 21.3 Å². The van der Waals surface area contributed by atoms with E-state index in [0.29, 0.717) is 6.61 Å². The van der Waals surface area contributed by atoms with Crippen LogP contribution in [-0.4, -0.2) is 6.54 Å². The molecule has 0 aliphatic carbocycles. The van der Waals surface area contributed by atoms with E-state index in [-0.39, 0.29) is 0 Å². The first-order valence-electron chi connectivity index (χ1n) is 6.82. The molecule has 0 amide bonds. The summed E-state index contributed by atoms with van der Waals surface area (Å²) >= 11 is 1.83. The zero-order valence-electron chi connectivity index (χ0n) is 11.6. The number of nitrogens with one attached hydrogen (secondary N) is 1. The summed E-state index contributed by atoms with van der Waals surface area (Å²) in [6, 6.07) is 12.6. The molecule has 0 fully saturated rings. The molecule has 1 aromatic carbocycles. The summed E-state index contributed by atoms with van der Waals surface area (Å²) in [7, 11) is 0. The number of aryl methyl sites for hydroxylation is 1. The Balaban J connectivity index is 1.91. The zero-order valence-corrected chi connectivity index (χ0v) is 12.4. The fraction of sp³-hybridized carbons (Fsp3) is 0.375. The minimum atomic E-state index is 0.662. The van der Waals surface area contributed by atoms with E-state index in [2.05, 4.69) is 43.4 Å². The number of hydrogen-bond donors (Lipinski definition) is 1. The molecular formula is C16H21NOS. The van der Waals surface area contributed by atoms with Crippen LogP contribution in [0.15, 0.2) is 36.4 Å². The normalized spacial score (nSPS) is 10.6. The van der Waals surface area contributed by atoms with Crippen molar-refractivity contribution in [2.45, 2.75) is 33.4 Å². The number of hydrogen-bond acceptors (Lipinski definition) is 3. The van der Waals surface area contributed by atoms with Crippen LogP contribution in [-0.2, 0) is 19.6 Å². The maximum atomic E-state index is 5.85. The first-order chi connectivity index (χ1) is 9.31. The van der Waals surface area contributed by atoms with Crippen molar-refractivity contribution in [2.24, 2.45) is 0 Å². The molecule has 3 heteroatoms. The van der Waals surface area contributed by atoms with E-state index in [9.17, 15) is 0 Å². The van der Waals surface area contributed by atoms with Gasteiger partial charge in [0.05, 0.1) is 0 Å². The summed E-state index contributed by atoms with van der Waals surface area (Å²) in [5.41, 5.74) is 1.26. The third kappa shape index (κ3) is 4.37. The largest absolute Gasteiger partial charge is 0.488 e. The molecule has 0 unspecified atom stereocenters. The van der Waals surface area contributed by atoms with Crippen molar-refractivity contribution in [3.63, 3.8) is 0 Å². The van der Waals surface area contributed by atoms with Crippen LogP contribution < -0.4 is 10.1 Å². The highest BCUT2D eigenvalue weighted by atomic mass is 32.1. The van der Waals surface area contributed by atoms with Gasteiger partial charge in [-0.25, -0.2) is 0 Å². The Bertz CT molecular complexity index is 507. The summed E-state index contributed by atoms with van der Waals surface area (Å²) in [6.07, 6.45) is 1.10. The van der Waals surface area contributed by atoms with Gasteiger partial charge < -0.3 is 10.1 Å². The lowest BCUT2D eigenvalue weighted by atomic mass is 10.2. The van der Waals surface area contributed by atoms with Crippen molar-refractivity contribution in [3.05, 3.63) is 51.7 Å². The van der Waals surface area contributed by atoms with Gasteiger partial charge in [-0.2, -0.15) is 0 Å². The van der Waals surface area contributed by atoms with Crippen LogP contribution in [0, 0.1) is 0 Å². The molecule has 0 aliphatic heterocycles. The molecule has 2 nitrogen and oxygen atoms in total. The Kier molecular flexibility index (Phi) is 5.43. The second kappa shape index (κ2) is 7.31. The summed E-state index contributed by atoms with van der Waals surface area (Å²) < 4.78 is 5.85. The van der Waals surface area contributed by atoms with Crippen molar-refractivity contribution in [1.82, 2.24) is 5.32 Å². The third-order valence-electron chi connectivity index (χ3n) is 2.92.